The molecule has 5 heteroatoms. The SMILES string of the molecule is S=C=NC1CC(OCc2ccc(-c3ccc4occc4c3)cn2)C1. The summed E-state index contributed by atoms with van der Waals surface area (Å²) in [4.78, 5) is 8.57. The molecule has 4 nitrogen and oxygen atoms in total. The number of aromatic nitrogens is 1. The quantitative estimate of drug-likeness (QED) is 0.503. The van der Waals surface area contributed by atoms with Crippen molar-refractivity contribution < 1.29 is 9.15 Å². The molecule has 0 radical (unpaired) electrons. The summed E-state index contributed by atoms with van der Waals surface area (Å²) < 4.78 is 11.2. The number of nitrogens with zero attached hydrogens (tertiary/aromatic N) is 2. The average molecular weight is 336 g/mol. The normalized spacial score (nSPS) is 19.7. The van der Waals surface area contributed by atoms with Crippen molar-refractivity contribution in [2.75, 3.05) is 0 Å². The number of rotatable bonds is 5. The highest BCUT2D eigenvalue weighted by atomic mass is 32.1. The van der Waals surface area contributed by atoms with E-state index in [9.17, 15) is 0 Å². The Kier molecular flexibility index (Phi) is 4.22. The van der Waals surface area contributed by atoms with Crippen LogP contribution in [0.4, 0.5) is 0 Å². The van der Waals surface area contributed by atoms with Crippen molar-refractivity contribution in [1.29, 1.82) is 0 Å². The van der Waals surface area contributed by atoms with E-state index in [2.05, 4.69) is 39.5 Å². The standard InChI is InChI=1S/C19H16N2O2S/c24-12-21-17-8-18(9-17)23-11-16-3-1-15(10-20-16)13-2-4-19-14(7-13)5-6-22-19/h1-7,10,17-18H,8-9,11H2. The number of furan rings is 1. The van der Waals surface area contributed by atoms with Gasteiger partial charge in [0.2, 0.25) is 0 Å². The third kappa shape index (κ3) is 3.15. The predicted octanol–water partition coefficient (Wildman–Crippen LogP) is 4.65. The first-order valence-corrected chi connectivity index (χ1v) is 8.34. The van der Waals surface area contributed by atoms with Crippen LogP contribution in [0, 0.1) is 0 Å². The number of hydrogen-bond donors (Lipinski definition) is 0. The molecule has 0 N–H and O–H groups in total. The lowest BCUT2D eigenvalue weighted by Crippen LogP contribution is -2.34. The van der Waals surface area contributed by atoms with Crippen LogP contribution in [0.2, 0.25) is 0 Å². The van der Waals surface area contributed by atoms with Crippen LogP contribution in [0.1, 0.15) is 18.5 Å². The second-order valence-corrected chi connectivity index (χ2v) is 6.17. The molecule has 3 aromatic rings. The summed E-state index contributed by atoms with van der Waals surface area (Å²) in [5.74, 6) is 0. The van der Waals surface area contributed by atoms with Crippen molar-refractivity contribution in [3.8, 4) is 11.1 Å². The fourth-order valence-electron chi connectivity index (χ4n) is 2.88. The van der Waals surface area contributed by atoms with Crippen molar-refractivity contribution in [1.82, 2.24) is 4.98 Å². The first kappa shape index (κ1) is 15.2. The lowest BCUT2D eigenvalue weighted by molar-refractivity contribution is -0.0195. The van der Waals surface area contributed by atoms with Gasteiger partial charge in [-0.25, -0.2) is 4.99 Å². The van der Waals surface area contributed by atoms with Crippen LogP contribution in [0.5, 0.6) is 0 Å². The molecule has 0 bridgehead atoms. The summed E-state index contributed by atoms with van der Waals surface area (Å²) in [6.45, 7) is 0.528. The second kappa shape index (κ2) is 6.65. The van der Waals surface area contributed by atoms with E-state index in [1.807, 2.05) is 30.5 Å². The van der Waals surface area contributed by atoms with Gasteiger partial charge in [-0.3, -0.25) is 4.98 Å². The van der Waals surface area contributed by atoms with Crippen LogP contribution in [0.15, 0.2) is 58.3 Å². The molecule has 1 aromatic carbocycles. The summed E-state index contributed by atoms with van der Waals surface area (Å²) in [6, 6.07) is 12.5. The molecule has 0 amide bonds. The number of hydrogen-bond acceptors (Lipinski definition) is 5. The first-order valence-electron chi connectivity index (χ1n) is 7.93. The topological polar surface area (TPSA) is 47.6 Å². The molecule has 0 atom stereocenters. The highest BCUT2D eigenvalue weighted by Crippen LogP contribution is 2.27. The van der Waals surface area contributed by atoms with Gasteiger partial charge in [0.15, 0.2) is 0 Å². The summed E-state index contributed by atoms with van der Waals surface area (Å²) in [7, 11) is 0. The van der Waals surface area contributed by atoms with Crippen LogP contribution < -0.4 is 0 Å². The lowest BCUT2D eigenvalue weighted by atomic mass is 9.90. The van der Waals surface area contributed by atoms with Gasteiger partial charge < -0.3 is 9.15 Å². The van der Waals surface area contributed by atoms with Crippen LogP contribution in [0.3, 0.4) is 0 Å². The third-order valence-corrected chi connectivity index (χ3v) is 4.49. The molecule has 0 unspecified atom stereocenters. The molecule has 120 valence electrons. The van der Waals surface area contributed by atoms with Crippen molar-refractivity contribution in [2.45, 2.75) is 31.6 Å². The Hall–Kier alpha value is -2.33. The largest absolute Gasteiger partial charge is 0.464 e. The van der Waals surface area contributed by atoms with E-state index in [0.717, 1.165) is 40.6 Å². The Bertz CT molecular complexity index is 891. The van der Waals surface area contributed by atoms with E-state index in [1.54, 1.807) is 6.26 Å². The minimum absolute atomic E-state index is 0.257. The molecule has 0 saturated heterocycles. The highest BCUT2D eigenvalue weighted by Gasteiger charge is 2.29. The lowest BCUT2D eigenvalue weighted by Gasteiger charge is -2.31. The van der Waals surface area contributed by atoms with Gasteiger partial charge >= 0.3 is 0 Å². The maximum atomic E-state index is 5.84. The Labute approximate surface area is 145 Å². The van der Waals surface area contributed by atoms with Crippen molar-refractivity contribution in [3.05, 3.63) is 54.6 Å². The van der Waals surface area contributed by atoms with Crippen LogP contribution in [-0.2, 0) is 11.3 Å². The summed E-state index contributed by atoms with van der Waals surface area (Å²) in [5.41, 5.74) is 4.04. The van der Waals surface area contributed by atoms with Gasteiger partial charge in [0, 0.05) is 17.1 Å². The summed E-state index contributed by atoms with van der Waals surface area (Å²) in [6.07, 6.45) is 5.70. The van der Waals surface area contributed by atoms with Gasteiger partial charge in [0.1, 0.15) is 5.58 Å². The molecule has 1 fully saturated rings. The second-order valence-electron chi connectivity index (χ2n) is 5.99. The van der Waals surface area contributed by atoms with Gasteiger partial charge in [-0.1, -0.05) is 12.1 Å². The Morgan fingerprint density at radius 1 is 1.21 bits per heavy atom. The average Bonchev–Trinajstić information content (AvgIpc) is 3.05. The molecular weight excluding hydrogens is 320 g/mol. The summed E-state index contributed by atoms with van der Waals surface area (Å²) in [5, 5.41) is 3.53. The van der Waals surface area contributed by atoms with E-state index >= 15 is 0 Å². The highest BCUT2D eigenvalue weighted by molar-refractivity contribution is 7.78. The number of fused-ring (bicyclic) bond motifs is 1. The number of thiocarbonyl (C=S) groups is 1. The first-order chi connectivity index (χ1) is 11.8. The Balaban J connectivity index is 1.38. The van der Waals surface area contributed by atoms with Gasteiger partial charge in [0.25, 0.3) is 0 Å². The van der Waals surface area contributed by atoms with Crippen LogP contribution in [-0.4, -0.2) is 22.3 Å². The fourth-order valence-corrected chi connectivity index (χ4v) is 3.03. The minimum Gasteiger partial charge on any atom is -0.464 e. The van der Waals surface area contributed by atoms with Crippen LogP contribution >= 0.6 is 12.2 Å². The van der Waals surface area contributed by atoms with Crippen molar-refractivity contribution in [2.24, 2.45) is 4.99 Å². The predicted molar refractivity (Wildman–Crippen MR) is 96.1 cm³/mol. The molecule has 1 aliphatic rings. The molecule has 24 heavy (non-hydrogen) atoms. The molecule has 1 saturated carbocycles. The van der Waals surface area contributed by atoms with Crippen molar-refractivity contribution in [3.63, 3.8) is 0 Å². The smallest absolute Gasteiger partial charge is 0.133 e. The van der Waals surface area contributed by atoms with E-state index < -0.39 is 0 Å². The van der Waals surface area contributed by atoms with Gasteiger partial charge in [-0.2, -0.15) is 0 Å². The zero-order chi connectivity index (χ0) is 16.4. The van der Waals surface area contributed by atoms with E-state index in [-0.39, 0.29) is 6.10 Å². The zero-order valence-corrected chi connectivity index (χ0v) is 13.8. The summed E-state index contributed by atoms with van der Waals surface area (Å²) >= 11 is 4.61. The maximum Gasteiger partial charge on any atom is 0.133 e. The van der Waals surface area contributed by atoms with Crippen LogP contribution in [0.25, 0.3) is 22.1 Å². The minimum atomic E-state index is 0.257. The maximum absolute atomic E-state index is 5.84. The Morgan fingerprint density at radius 3 is 2.88 bits per heavy atom. The van der Waals surface area contributed by atoms with E-state index in [0.29, 0.717) is 12.6 Å². The number of ether oxygens (including phenoxy) is 1. The van der Waals surface area contributed by atoms with Gasteiger partial charge in [-0.05, 0) is 54.9 Å². The molecule has 2 aromatic heterocycles. The molecule has 2 heterocycles. The molecule has 0 aliphatic heterocycles. The number of isothiocyanates is 1. The zero-order valence-electron chi connectivity index (χ0n) is 13.0. The molecule has 1 aliphatic carbocycles. The number of pyridine rings is 1. The third-order valence-electron chi connectivity index (χ3n) is 4.38. The van der Waals surface area contributed by atoms with Gasteiger partial charge in [-0.15, -0.1) is 0 Å². The molecule has 4 rings (SSSR count). The van der Waals surface area contributed by atoms with E-state index in [4.69, 9.17) is 9.15 Å². The van der Waals surface area contributed by atoms with Crippen molar-refractivity contribution >= 4 is 28.3 Å². The molecular formula is C19H16N2O2S. The number of benzene rings is 1. The monoisotopic (exact) mass is 336 g/mol. The van der Waals surface area contributed by atoms with E-state index in [1.165, 1.54) is 0 Å². The van der Waals surface area contributed by atoms with Gasteiger partial charge in [0.05, 0.1) is 35.9 Å². The molecule has 0 spiro atoms. The Morgan fingerprint density at radius 2 is 2.08 bits per heavy atom. The fraction of sp³-hybridized carbons (Fsp3) is 0.263. The number of aliphatic imine (C=N–C) groups is 1.